The summed E-state index contributed by atoms with van der Waals surface area (Å²) in [6.45, 7) is 1.51. The molecule has 4 nitrogen and oxygen atoms in total. The quantitative estimate of drug-likeness (QED) is 0.914. The van der Waals surface area contributed by atoms with E-state index in [-0.39, 0.29) is 12.1 Å². The van der Waals surface area contributed by atoms with Crippen molar-refractivity contribution in [1.29, 1.82) is 0 Å². The lowest BCUT2D eigenvalue weighted by molar-refractivity contribution is 0.396. The Labute approximate surface area is 140 Å². The summed E-state index contributed by atoms with van der Waals surface area (Å²) >= 11 is 0. The molecule has 1 saturated carbocycles. The van der Waals surface area contributed by atoms with Gasteiger partial charge in [0.15, 0.2) is 0 Å². The van der Waals surface area contributed by atoms with E-state index in [1.807, 2.05) is 24.3 Å². The molecule has 0 bridgehead atoms. The Morgan fingerprint density at radius 3 is 2.75 bits per heavy atom. The molecule has 0 radical (unpaired) electrons. The van der Waals surface area contributed by atoms with E-state index >= 15 is 0 Å². The molecule has 2 fully saturated rings. The first kappa shape index (κ1) is 15.6. The van der Waals surface area contributed by atoms with Gasteiger partial charge in [-0.25, -0.2) is 13.8 Å². The SMILES string of the molecule is Cn1ccnc1[C@H](N[C@H]1CCN(c2ccc(F)cc2F)C1)C1CC1. The molecular formula is C18H22F2N4. The van der Waals surface area contributed by atoms with Crippen LogP contribution in [-0.4, -0.2) is 28.7 Å². The van der Waals surface area contributed by atoms with Gasteiger partial charge in [0.1, 0.15) is 17.5 Å². The Kier molecular flexibility index (Phi) is 4.00. The molecule has 2 heterocycles. The van der Waals surface area contributed by atoms with Crippen LogP contribution in [0.15, 0.2) is 30.6 Å². The number of benzene rings is 1. The maximum absolute atomic E-state index is 14.0. The van der Waals surface area contributed by atoms with Gasteiger partial charge in [-0.15, -0.1) is 0 Å². The number of hydrogen-bond donors (Lipinski definition) is 1. The first-order valence-electron chi connectivity index (χ1n) is 8.55. The zero-order valence-electron chi connectivity index (χ0n) is 13.8. The summed E-state index contributed by atoms with van der Waals surface area (Å²) in [6.07, 6.45) is 7.22. The minimum atomic E-state index is -0.534. The van der Waals surface area contributed by atoms with Gasteiger partial charge in [-0.2, -0.15) is 0 Å². The fourth-order valence-electron chi connectivity index (χ4n) is 3.63. The molecule has 1 aromatic heterocycles. The van der Waals surface area contributed by atoms with Gasteiger partial charge in [0.25, 0.3) is 0 Å². The van der Waals surface area contributed by atoms with Gasteiger partial charge >= 0.3 is 0 Å². The number of halogens is 2. The highest BCUT2D eigenvalue weighted by molar-refractivity contribution is 5.49. The van der Waals surface area contributed by atoms with E-state index in [4.69, 9.17) is 0 Å². The van der Waals surface area contributed by atoms with Crippen molar-refractivity contribution < 1.29 is 8.78 Å². The molecule has 1 aromatic carbocycles. The lowest BCUT2D eigenvalue weighted by atomic mass is 10.1. The summed E-state index contributed by atoms with van der Waals surface area (Å²) in [5.74, 6) is 0.693. The first-order chi connectivity index (χ1) is 11.6. The Morgan fingerprint density at radius 2 is 2.08 bits per heavy atom. The van der Waals surface area contributed by atoms with E-state index in [1.165, 1.54) is 25.0 Å². The van der Waals surface area contributed by atoms with Gasteiger partial charge in [0, 0.05) is 44.6 Å². The van der Waals surface area contributed by atoms with Gasteiger partial charge in [-0.05, 0) is 37.3 Å². The van der Waals surface area contributed by atoms with Crippen molar-refractivity contribution in [3.8, 4) is 0 Å². The Balaban J connectivity index is 1.45. The van der Waals surface area contributed by atoms with Crippen LogP contribution in [0.1, 0.15) is 31.1 Å². The van der Waals surface area contributed by atoms with Crippen molar-refractivity contribution in [2.24, 2.45) is 13.0 Å². The smallest absolute Gasteiger partial charge is 0.149 e. The third-order valence-corrected chi connectivity index (χ3v) is 5.08. The van der Waals surface area contributed by atoms with E-state index in [2.05, 4.69) is 14.9 Å². The molecule has 0 spiro atoms. The molecule has 1 aliphatic carbocycles. The van der Waals surface area contributed by atoms with Gasteiger partial charge in [-0.1, -0.05) is 0 Å². The van der Waals surface area contributed by atoms with E-state index in [0.717, 1.165) is 31.4 Å². The van der Waals surface area contributed by atoms with E-state index < -0.39 is 11.6 Å². The predicted octanol–water partition coefficient (Wildman–Crippen LogP) is 3.02. The van der Waals surface area contributed by atoms with Crippen molar-refractivity contribution in [2.45, 2.75) is 31.3 Å². The standard InChI is InChI=1S/C18H22F2N4/c1-23-9-7-21-18(23)17(12-2-3-12)22-14-6-8-24(11-14)16-5-4-13(19)10-15(16)20/h4-5,7,9-10,12,14,17,22H,2-3,6,8,11H2,1H3/t14-,17+/m0/s1. The fourth-order valence-corrected chi connectivity index (χ4v) is 3.63. The summed E-state index contributed by atoms with van der Waals surface area (Å²) in [7, 11) is 2.02. The molecular weight excluding hydrogens is 310 g/mol. The zero-order chi connectivity index (χ0) is 16.7. The molecule has 0 unspecified atom stereocenters. The Hall–Kier alpha value is -1.95. The van der Waals surface area contributed by atoms with Crippen LogP contribution in [0.25, 0.3) is 0 Å². The molecule has 4 rings (SSSR count). The van der Waals surface area contributed by atoms with Crippen molar-refractivity contribution >= 4 is 5.69 Å². The number of aromatic nitrogens is 2. The Bertz CT molecular complexity index is 726. The second kappa shape index (κ2) is 6.16. The van der Waals surface area contributed by atoms with E-state index in [0.29, 0.717) is 11.6 Å². The van der Waals surface area contributed by atoms with Gasteiger partial charge in [0.05, 0.1) is 11.7 Å². The number of nitrogens with one attached hydrogen (secondary N) is 1. The molecule has 0 amide bonds. The molecule has 1 aliphatic heterocycles. The summed E-state index contributed by atoms with van der Waals surface area (Å²) in [5, 5.41) is 3.73. The number of anilines is 1. The van der Waals surface area contributed by atoms with Crippen LogP contribution >= 0.6 is 0 Å². The summed E-state index contributed by atoms with van der Waals surface area (Å²) in [6, 6.07) is 4.35. The fraction of sp³-hybridized carbons (Fsp3) is 0.500. The van der Waals surface area contributed by atoms with Crippen molar-refractivity contribution in [3.05, 3.63) is 48.1 Å². The molecule has 128 valence electrons. The van der Waals surface area contributed by atoms with Crippen LogP contribution in [-0.2, 0) is 7.05 Å². The van der Waals surface area contributed by atoms with Crippen LogP contribution in [0.3, 0.4) is 0 Å². The lowest BCUT2D eigenvalue weighted by Gasteiger charge is -2.24. The maximum Gasteiger partial charge on any atom is 0.149 e. The molecule has 24 heavy (non-hydrogen) atoms. The highest BCUT2D eigenvalue weighted by Gasteiger charge is 2.37. The average Bonchev–Trinajstić information content (AvgIpc) is 3.14. The molecule has 1 saturated heterocycles. The Morgan fingerprint density at radius 1 is 1.25 bits per heavy atom. The first-order valence-corrected chi connectivity index (χ1v) is 8.55. The molecule has 1 N–H and O–H groups in total. The van der Waals surface area contributed by atoms with Gasteiger partial charge in [-0.3, -0.25) is 0 Å². The number of nitrogens with zero attached hydrogens (tertiary/aromatic N) is 3. The summed E-state index contributed by atoms with van der Waals surface area (Å²) < 4.78 is 29.2. The van der Waals surface area contributed by atoms with Crippen LogP contribution in [0.2, 0.25) is 0 Å². The second-order valence-corrected chi connectivity index (χ2v) is 6.91. The van der Waals surface area contributed by atoms with Crippen LogP contribution in [0, 0.1) is 17.6 Å². The number of aryl methyl sites for hydroxylation is 1. The number of rotatable bonds is 5. The maximum atomic E-state index is 14.0. The van der Waals surface area contributed by atoms with Crippen LogP contribution < -0.4 is 10.2 Å². The molecule has 2 aliphatic rings. The van der Waals surface area contributed by atoms with E-state index in [1.54, 1.807) is 0 Å². The van der Waals surface area contributed by atoms with Crippen molar-refractivity contribution in [3.63, 3.8) is 0 Å². The zero-order valence-corrected chi connectivity index (χ0v) is 13.8. The van der Waals surface area contributed by atoms with Gasteiger partial charge < -0.3 is 14.8 Å². The third-order valence-electron chi connectivity index (χ3n) is 5.08. The van der Waals surface area contributed by atoms with E-state index in [9.17, 15) is 8.78 Å². The third kappa shape index (κ3) is 3.02. The summed E-state index contributed by atoms with van der Waals surface area (Å²) in [4.78, 5) is 6.50. The monoisotopic (exact) mass is 332 g/mol. The topological polar surface area (TPSA) is 33.1 Å². The highest BCUT2D eigenvalue weighted by Crippen LogP contribution is 2.41. The largest absolute Gasteiger partial charge is 0.368 e. The molecule has 2 aromatic rings. The van der Waals surface area contributed by atoms with Crippen LogP contribution in [0.4, 0.5) is 14.5 Å². The van der Waals surface area contributed by atoms with Crippen LogP contribution in [0.5, 0.6) is 0 Å². The predicted molar refractivity (Wildman–Crippen MR) is 88.8 cm³/mol. The number of imidazole rings is 1. The number of hydrogen-bond acceptors (Lipinski definition) is 3. The minimum Gasteiger partial charge on any atom is -0.368 e. The molecule has 2 atom stereocenters. The average molecular weight is 332 g/mol. The highest BCUT2D eigenvalue weighted by atomic mass is 19.1. The van der Waals surface area contributed by atoms with Crippen molar-refractivity contribution in [1.82, 2.24) is 14.9 Å². The minimum absolute atomic E-state index is 0.257. The second-order valence-electron chi connectivity index (χ2n) is 6.91. The van der Waals surface area contributed by atoms with Gasteiger partial charge in [0.2, 0.25) is 0 Å². The normalized spacial score (nSPS) is 22.1. The summed E-state index contributed by atoms with van der Waals surface area (Å²) in [5.41, 5.74) is 0.487. The molecule has 6 heteroatoms. The van der Waals surface area contributed by atoms with Crippen molar-refractivity contribution in [2.75, 3.05) is 18.0 Å². The lowest BCUT2D eigenvalue weighted by Crippen LogP contribution is -2.37.